The molecule has 1 saturated carbocycles. The second-order valence-electron chi connectivity index (χ2n) is 5.00. The van der Waals surface area contributed by atoms with E-state index in [9.17, 15) is 10.1 Å². The van der Waals surface area contributed by atoms with Crippen LogP contribution in [0.2, 0.25) is 5.02 Å². The first kappa shape index (κ1) is 13.6. The van der Waals surface area contributed by atoms with Gasteiger partial charge in [0.15, 0.2) is 0 Å². The Balaban J connectivity index is 2.14. The fourth-order valence-electron chi connectivity index (χ4n) is 1.89. The molecule has 0 radical (unpaired) electrons. The zero-order valence-corrected chi connectivity index (χ0v) is 12.4. The van der Waals surface area contributed by atoms with Crippen LogP contribution >= 0.6 is 27.5 Å². The lowest BCUT2D eigenvalue weighted by Crippen LogP contribution is -2.53. The van der Waals surface area contributed by atoms with Crippen molar-refractivity contribution < 1.29 is 9.66 Å². The fraction of sp³-hybridized carbons (Fsp3) is 0.500. The molecule has 0 bridgehead atoms. The first-order valence-corrected chi connectivity index (χ1v) is 6.86. The number of benzene rings is 1. The molecule has 1 aliphatic rings. The Morgan fingerprint density at radius 2 is 2.22 bits per heavy atom. The molecule has 2 atom stereocenters. The van der Waals surface area contributed by atoms with Gasteiger partial charge in [0.05, 0.1) is 9.95 Å². The first-order chi connectivity index (χ1) is 8.32. The van der Waals surface area contributed by atoms with Crippen LogP contribution in [0.1, 0.15) is 20.3 Å². The van der Waals surface area contributed by atoms with Gasteiger partial charge in [0, 0.05) is 22.4 Å². The van der Waals surface area contributed by atoms with Crippen molar-refractivity contribution in [2.24, 2.45) is 5.41 Å². The van der Waals surface area contributed by atoms with E-state index in [0.717, 1.165) is 6.42 Å². The lowest BCUT2D eigenvalue weighted by molar-refractivity contribution is -0.384. The number of alkyl halides is 1. The number of hydrogen-bond acceptors (Lipinski definition) is 3. The fourth-order valence-corrected chi connectivity index (χ4v) is 2.74. The number of ether oxygens (including phenoxy) is 1. The van der Waals surface area contributed by atoms with Crippen molar-refractivity contribution in [3.8, 4) is 5.75 Å². The van der Waals surface area contributed by atoms with E-state index in [2.05, 4.69) is 29.8 Å². The van der Waals surface area contributed by atoms with Crippen molar-refractivity contribution >= 4 is 33.2 Å². The van der Waals surface area contributed by atoms with Gasteiger partial charge in [-0.25, -0.2) is 0 Å². The predicted octanol–water partition coefficient (Wildman–Crippen LogP) is 4.19. The summed E-state index contributed by atoms with van der Waals surface area (Å²) in [4.78, 5) is 10.5. The molecular formula is C12H13BrClNO3. The Kier molecular flexibility index (Phi) is 3.56. The van der Waals surface area contributed by atoms with Crippen LogP contribution in [0.15, 0.2) is 18.2 Å². The molecule has 0 amide bonds. The lowest BCUT2D eigenvalue weighted by Gasteiger charge is -2.48. The largest absolute Gasteiger partial charge is 0.488 e. The number of nitrogens with zero attached hydrogens (tertiary/aromatic N) is 1. The maximum Gasteiger partial charge on any atom is 0.271 e. The van der Waals surface area contributed by atoms with E-state index < -0.39 is 4.92 Å². The maximum atomic E-state index is 10.6. The van der Waals surface area contributed by atoms with Crippen molar-refractivity contribution in [1.29, 1.82) is 0 Å². The summed E-state index contributed by atoms with van der Waals surface area (Å²) in [5.41, 5.74) is 0.00376. The van der Waals surface area contributed by atoms with Crippen LogP contribution < -0.4 is 4.74 Å². The molecule has 0 aliphatic heterocycles. The average molecular weight is 335 g/mol. The van der Waals surface area contributed by atoms with E-state index in [1.807, 2.05) is 0 Å². The van der Waals surface area contributed by atoms with Crippen LogP contribution in [0.4, 0.5) is 5.69 Å². The molecule has 0 aromatic heterocycles. The van der Waals surface area contributed by atoms with Crippen molar-refractivity contribution in [3.05, 3.63) is 33.3 Å². The number of non-ortho nitro benzene ring substituents is 1. The van der Waals surface area contributed by atoms with Gasteiger partial charge < -0.3 is 4.74 Å². The summed E-state index contributed by atoms with van der Waals surface area (Å²) in [6.07, 6.45) is 0.973. The molecule has 1 aliphatic carbocycles. The predicted molar refractivity (Wildman–Crippen MR) is 73.6 cm³/mol. The van der Waals surface area contributed by atoms with Crippen LogP contribution in [-0.4, -0.2) is 15.9 Å². The van der Waals surface area contributed by atoms with Crippen molar-refractivity contribution in [1.82, 2.24) is 0 Å². The normalized spacial score (nSPS) is 25.3. The third-order valence-electron chi connectivity index (χ3n) is 3.45. The van der Waals surface area contributed by atoms with E-state index >= 15 is 0 Å². The second-order valence-corrected chi connectivity index (χ2v) is 6.52. The maximum absolute atomic E-state index is 10.6. The quantitative estimate of drug-likeness (QED) is 0.473. The van der Waals surface area contributed by atoms with Crippen molar-refractivity contribution in [3.63, 3.8) is 0 Å². The zero-order chi connectivity index (χ0) is 13.5. The summed E-state index contributed by atoms with van der Waals surface area (Å²) in [6, 6.07) is 4.27. The van der Waals surface area contributed by atoms with E-state index in [1.54, 1.807) is 6.07 Å². The van der Waals surface area contributed by atoms with E-state index in [1.165, 1.54) is 12.1 Å². The Morgan fingerprint density at radius 3 is 2.67 bits per heavy atom. The van der Waals surface area contributed by atoms with Gasteiger partial charge in [-0.3, -0.25) is 10.1 Å². The van der Waals surface area contributed by atoms with Crippen LogP contribution in [0.5, 0.6) is 5.75 Å². The molecule has 18 heavy (non-hydrogen) atoms. The molecule has 0 spiro atoms. The van der Waals surface area contributed by atoms with Gasteiger partial charge in [-0.05, 0) is 12.5 Å². The summed E-state index contributed by atoms with van der Waals surface area (Å²) in [7, 11) is 0. The highest BCUT2D eigenvalue weighted by molar-refractivity contribution is 9.09. The molecule has 0 N–H and O–H groups in total. The van der Waals surface area contributed by atoms with Crippen LogP contribution in [0, 0.1) is 15.5 Å². The third-order valence-corrected chi connectivity index (χ3v) is 5.30. The molecule has 4 nitrogen and oxygen atoms in total. The molecule has 2 unspecified atom stereocenters. The monoisotopic (exact) mass is 333 g/mol. The standard InChI is InChI=1S/C12H13BrClNO3/c1-12(2)10(13)6-11(12)18-9-4-3-7(15(16)17)5-8(9)14/h3-5,10-11H,6H2,1-2H3. The molecule has 0 saturated heterocycles. The molecule has 1 aromatic carbocycles. The highest BCUT2D eigenvalue weighted by Crippen LogP contribution is 2.48. The van der Waals surface area contributed by atoms with Crippen LogP contribution in [0.3, 0.4) is 0 Å². The van der Waals surface area contributed by atoms with E-state index in [4.69, 9.17) is 16.3 Å². The van der Waals surface area contributed by atoms with Gasteiger partial charge in [0.25, 0.3) is 5.69 Å². The Labute approximate surface area is 119 Å². The summed E-state index contributed by atoms with van der Waals surface area (Å²) in [5.74, 6) is 0.500. The minimum Gasteiger partial charge on any atom is -0.488 e. The minimum absolute atomic E-state index is 0.0291. The summed E-state index contributed by atoms with van der Waals surface area (Å²) in [6.45, 7) is 4.22. The van der Waals surface area contributed by atoms with E-state index in [0.29, 0.717) is 10.6 Å². The number of rotatable bonds is 3. The second kappa shape index (κ2) is 4.70. The van der Waals surface area contributed by atoms with Gasteiger partial charge in [0.2, 0.25) is 0 Å². The Hall–Kier alpha value is -0.810. The van der Waals surface area contributed by atoms with E-state index in [-0.39, 0.29) is 22.2 Å². The molecule has 98 valence electrons. The third kappa shape index (κ3) is 2.34. The van der Waals surface area contributed by atoms with Crippen LogP contribution in [-0.2, 0) is 0 Å². The van der Waals surface area contributed by atoms with Gasteiger partial charge in [0.1, 0.15) is 11.9 Å². The van der Waals surface area contributed by atoms with Crippen molar-refractivity contribution in [2.45, 2.75) is 31.2 Å². The molecule has 6 heteroatoms. The zero-order valence-electron chi connectivity index (χ0n) is 10.0. The highest BCUT2D eigenvalue weighted by Gasteiger charge is 2.48. The smallest absolute Gasteiger partial charge is 0.271 e. The minimum atomic E-state index is -0.475. The Morgan fingerprint density at radius 1 is 1.56 bits per heavy atom. The molecular weight excluding hydrogens is 321 g/mol. The van der Waals surface area contributed by atoms with Crippen molar-refractivity contribution in [2.75, 3.05) is 0 Å². The summed E-state index contributed by atoms with van der Waals surface area (Å²) in [5, 5.41) is 10.9. The van der Waals surface area contributed by atoms with Gasteiger partial charge in [-0.1, -0.05) is 41.4 Å². The lowest BCUT2D eigenvalue weighted by atomic mass is 9.69. The number of halogens is 2. The topological polar surface area (TPSA) is 52.4 Å². The average Bonchev–Trinajstić information content (AvgIpc) is 2.30. The first-order valence-electron chi connectivity index (χ1n) is 5.57. The molecule has 1 fully saturated rings. The van der Waals surface area contributed by atoms with Gasteiger partial charge >= 0.3 is 0 Å². The summed E-state index contributed by atoms with van der Waals surface area (Å²) < 4.78 is 5.82. The number of nitro groups is 1. The van der Waals surface area contributed by atoms with Crippen LogP contribution in [0.25, 0.3) is 0 Å². The molecule has 1 aromatic rings. The molecule has 2 rings (SSSR count). The summed E-state index contributed by atoms with van der Waals surface area (Å²) >= 11 is 9.57. The van der Waals surface area contributed by atoms with Gasteiger partial charge in [-0.15, -0.1) is 0 Å². The molecule has 0 heterocycles. The number of nitro benzene ring substituents is 1. The van der Waals surface area contributed by atoms with Gasteiger partial charge in [-0.2, -0.15) is 0 Å². The SMILES string of the molecule is CC1(C)C(Br)CC1Oc1ccc([N+](=O)[O-])cc1Cl. The highest BCUT2D eigenvalue weighted by atomic mass is 79.9. The Bertz CT molecular complexity index is 492. The number of hydrogen-bond donors (Lipinski definition) is 0.